The zero-order valence-corrected chi connectivity index (χ0v) is 14.0. The number of esters is 1. The topological polar surface area (TPSA) is 67.9 Å². The van der Waals surface area contributed by atoms with E-state index < -0.39 is 12.0 Å². The van der Waals surface area contributed by atoms with Crippen LogP contribution >= 0.6 is 11.3 Å². The van der Waals surface area contributed by atoms with Crippen LogP contribution in [0.2, 0.25) is 0 Å². The van der Waals surface area contributed by atoms with E-state index in [4.69, 9.17) is 9.47 Å². The molecule has 0 aromatic carbocycles. The van der Waals surface area contributed by atoms with Crippen molar-refractivity contribution in [3.63, 3.8) is 0 Å². The zero-order valence-electron chi connectivity index (χ0n) is 13.2. The van der Waals surface area contributed by atoms with E-state index in [9.17, 15) is 9.59 Å². The summed E-state index contributed by atoms with van der Waals surface area (Å²) in [6.45, 7) is 6.20. The molecule has 0 spiro atoms. The van der Waals surface area contributed by atoms with Gasteiger partial charge in [-0.1, -0.05) is 6.08 Å². The maximum atomic E-state index is 12.5. The van der Waals surface area contributed by atoms with Gasteiger partial charge >= 0.3 is 12.0 Å². The van der Waals surface area contributed by atoms with Gasteiger partial charge in [0, 0.05) is 19.4 Å². The first-order valence-electron chi connectivity index (χ1n) is 7.18. The second-order valence-corrected chi connectivity index (χ2v) is 5.75. The number of thiophene rings is 1. The van der Waals surface area contributed by atoms with Gasteiger partial charge in [0.1, 0.15) is 6.61 Å². The predicted octanol–water partition coefficient (Wildman–Crippen LogP) is 2.46. The van der Waals surface area contributed by atoms with Crippen LogP contribution in [0.4, 0.5) is 4.79 Å². The number of hydrogen-bond donors (Lipinski definition) is 1. The normalized spacial score (nSPS) is 17.9. The molecule has 1 aromatic rings. The lowest BCUT2D eigenvalue weighted by Crippen LogP contribution is -2.48. The second kappa shape index (κ2) is 7.94. The highest BCUT2D eigenvalue weighted by atomic mass is 32.1. The Bertz CT molecular complexity index is 610. The van der Waals surface area contributed by atoms with E-state index in [0.717, 1.165) is 5.56 Å². The van der Waals surface area contributed by atoms with Gasteiger partial charge in [-0.3, -0.25) is 4.90 Å². The Hall–Kier alpha value is -2.12. The summed E-state index contributed by atoms with van der Waals surface area (Å²) in [5, 5.41) is 6.67. The first-order chi connectivity index (χ1) is 11.1. The number of nitrogens with zero attached hydrogens (tertiary/aromatic N) is 1. The molecule has 0 saturated heterocycles. The molecule has 0 bridgehead atoms. The Morgan fingerprint density at radius 1 is 1.52 bits per heavy atom. The lowest BCUT2D eigenvalue weighted by Gasteiger charge is -2.34. The van der Waals surface area contributed by atoms with Gasteiger partial charge in [0.2, 0.25) is 0 Å². The van der Waals surface area contributed by atoms with Gasteiger partial charge in [0.25, 0.3) is 0 Å². The van der Waals surface area contributed by atoms with E-state index in [1.54, 1.807) is 20.1 Å². The van der Waals surface area contributed by atoms with E-state index in [1.165, 1.54) is 16.2 Å². The molecule has 23 heavy (non-hydrogen) atoms. The standard InChI is InChI=1S/C16H20N2O4S/c1-4-6-18-11(2)13(15(19)22-8-7-21-3)14(17-16(18)20)12-5-9-23-10-12/h4-5,9-10,14H,1,6-8H2,2-3H3,(H,17,20). The molecule has 2 rings (SSSR count). The first-order valence-corrected chi connectivity index (χ1v) is 8.12. The number of hydrogen-bond acceptors (Lipinski definition) is 5. The van der Waals surface area contributed by atoms with Crippen LogP contribution in [0.25, 0.3) is 0 Å². The van der Waals surface area contributed by atoms with Crippen LogP contribution in [0.5, 0.6) is 0 Å². The summed E-state index contributed by atoms with van der Waals surface area (Å²) in [6.07, 6.45) is 1.61. The largest absolute Gasteiger partial charge is 0.460 e. The third kappa shape index (κ3) is 3.80. The summed E-state index contributed by atoms with van der Waals surface area (Å²) in [4.78, 5) is 26.3. The van der Waals surface area contributed by atoms with Gasteiger partial charge in [-0.15, -0.1) is 6.58 Å². The molecule has 7 heteroatoms. The molecule has 1 aliphatic rings. The summed E-state index contributed by atoms with van der Waals surface area (Å²) in [5.41, 5.74) is 1.87. The van der Waals surface area contributed by atoms with Crippen molar-refractivity contribution in [2.75, 3.05) is 26.9 Å². The number of urea groups is 1. The lowest BCUT2D eigenvalue weighted by molar-refractivity contribution is -0.140. The van der Waals surface area contributed by atoms with Crippen LogP contribution in [0.3, 0.4) is 0 Å². The van der Waals surface area contributed by atoms with E-state index in [1.807, 2.05) is 16.8 Å². The summed E-state index contributed by atoms with van der Waals surface area (Å²) in [7, 11) is 1.54. The van der Waals surface area contributed by atoms with Crippen LogP contribution in [0.15, 0.2) is 40.8 Å². The van der Waals surface area contributed by atoms with Crippen molar-refractivity contribution in [1.82, 2.24) is 10.2 Å². The number of ether oxygens (including phenoxy) is 2. The van der Waals surface area contributed by atoms with Crippen LogP contribution in [0.1, 0.15) is 18.5 Å². The lowest BCUT2D eigenvalue weighted by atomic mass is 9.97. The van der Waals surface area contributed by atoms with Crippen LogP contribution in [-0.2, 0) is 14.3 Å². The average molecular weight is 336 g/mol. The Balaban J connectivity index is 2.36. The molecular weight excluding hydrogens is 316 g/mol. The van der Waals surface area contributed by atoms with E-state index >= 15 is 0 Å². The number of carbonyl (C=O) groups excluding carboxylic acids is 2. The molecule has 0 radical (unpaired) electrons. The summed E-state index contributed by atoms with van der Waals surface area (Å²) < 4.78 is 10.2. The smallest absolute Gasteiger partial charge is 0.338 e. The molecule has 1 N–H and O–H groups in total. The third-order valence-corrected chi connectivity index (χ3v) is 4.23. The Morgan fingerprint density at radius 2 is 2.30 bits per heavy atom. The molecule has 6 nitrogen and oxygen atoms in total. The van der Waals surface area contributed by atoms with Crippen molar-refractivity contribution >= 4 is 23.3 Å². The van der Waals surface area contributed by atoms with Gasteiger partial charge in [-0.2, -0.15) is 11.3 Å². The molecule has 124 valence electrons. The number of methoxy groups -OCH3 is 1. The zero-order chi connectivity index (χ0) is 16.8. The fourth-order valence-electron chi connectivity index (χ4n) is 2.38. The molecule has 0 aliphatic carbocycles. The molecule has 0 fully saturated rings. The summed E-state index contributed by atoms with van der Waals surface area (Å²) in [5.74, 6) is -0.454. The maximum Gasteiger partial charge on any atom is 0.338 e. The molecule has 1 unspecified atom stereocenters. The van der Waals surface area contributed by atoms with Crippen molar-refractivity contribution < 1.29 is 19.1 Å². The van der Waals surface area contributed by atoms with Crippen LogP contribution in [0, 0.1) is 0 Å². The van der Waals surface area contributed by atoms with Gasteiger partial charge in [0.05, 0.1) is 18.2 Å². The molecule has 2 amide bonds. The quantitative estimate of drug-likeness (QED) is 0.472. The molecule has 1 aromatic heterocycles. The van der Waals surface area contributed by atoms with Gasteiger partial charge in [-0.25, -0.2) is 9.59 Å². The second-order valence-electron chi connectivity index (χ2n) is 4.97. The molecule has 0 saturated carbocycles. The monoisotopic (exact) mass is 336 g/mol. The van der Waals surface area contributed by atoms with Gasteiger partial charge in [-0.05, 0) is 29.3 Å². The van der Waals surface area contributed by atoms with Gasteiger partial charge in [0.15, 0.2) is 0 Å². The van der Waals surface area contributed by atoms with Crippen molar-refractivity contribution in [2.24, 2.45) is 0 Å². The summed E-state index contributed by atoms with van der Waals surface area (Å²) >= 11 is 1.51. The molecule has 2 heterocycles. The van der Waals surface area contributed by atoms with Crippen molar-refractivity contribution in [2.45, 2.75) is 13.0 Å². The highest BCUT2D eigenvalue weighted by molar-refractivity contribution is 7.08. The Morgan fingerprint density at radius 3 is 2.91 bits per heavy atom. The number of amides is 2. The van der Waals surface area contributed by atoms with E-state index in [-0.39, 0.29) is 12.6 Å². The first kappa shape index (κ1) is 17.2. The van der Waals surface area contributed by atoms with Crippen molar-refractivity contribution in [1.29, 1.82) is 0 Å². The minimum atomic E-state index is -0.509. The molecular formula is C16H20N2O4S. The van der Waals surface area contributed by atoms with Gasteiger partial charge < -0.3 is 14.8 Å². The Labute approximate surface area is 139 Å². The van der Waals surface area contributed by atoms with E-state index in [2.05, 4.69) is 11.9 Å². The average Bonchev–Trinajstić information content (AvgIpc) is 3.05. The van der Waals surface area contributed by atoms with Crippen molar-refractivity contribution in [3.05, 3.63) is 46.3 Å². The van der Waals surface area contributed by atoms with Crippen LogP contribution < -0.4 is 5.32 Å². The third-order valence-electron chi connectivity index (χ3n) is 3.53. The highest BCUT2D eigenvalue weighted by Crippen LogP contribution is 2.32. The predicted molar refractivity (Wildman–Crippen MR) is 88.0 cm³/mol. The summed E-state index contributed by atoms with van der Waals surface area (Å²) in [6, 6.07) is 1.12. The molecule has 1 atom stereocenters. The van der Waals surface area contributed by atoms with E-state index in [0.29, 0.717) is 24.4 Å². The SMILES string of the molecule is C=CCN1C(=O)NC(c2ccsc2)C(C(=O)OCCOC)=C1C. The number of nitrogens with one attached hydrogen (secondary N) is 1. The highest BCUT2D eigenvalue weighted by Gasteiger charge is 2.36. The Kier molecular flexibility index (Phi) is 5.95. The minimum Gasteiger partial charge on any atom is -0.460 e. The van der Waals surface area contributed by atoms with Crippen molar-refractivity contribution in [3.8, 4) is 0 Å². The minimum absolute atomic E-state index is 0.165. The molecule has 1 aliphatic heterocycles. The number of carbonyl (C=O) groups is 2. The van der Waals surface area contributed by atoms with Crippen LogP contribution in [-0.4, -0.2) is 43.8 Å². The number of allylic oxidation sites excluding steroid dienone is 1. The maximum absolute atomic E-state index is 12.5. The fraction of sp³-hybridized carbons (Fsp3) is 0.375. The number of rotatable bonds is 7. The fourth-order valence-corrected chi connectivity index (χ4v) is 3.07.